The highest BCUT2D eigenvalue weighted by Gasteiger charge is 2.04. The van der Waals surface area contributed by atoms with E-state index < -0.39 is 0 Å². The molecule has 0 bridgehead atoms. The predicted molar refractivity (Wildman–Crippen MR) is 90.4 cm³/mol. The third kappa shape index (κ3) is 3.95. The van der Waals surface area contributed by atoms with Crippen molar-refractivity contribution in [1.82, 2.24) is 4.98 Å². The summed E-state index contributed by atoms with van der Waals surface area (Å²) in [5.74, 6) is 3.78. The van der Waals surface area contributed by atoms with Gasteiger partial charge in [-0.3, -0.25) is 0 Å². The Hall–Kier alpha value is -3.21. The number of rotatable bonds is 6. The monoisotopic (exact) mass is 323 g/mol. The number of methoxy groups -OCH3 is 2. The zero-order valence-electron chi connectivity index (χ0n) is 13.4. The second kappa shape index (κ2) is 7.37. The van der Waals surface area contributed by atoms with Gasteiger partial charge < -0.3 is 18.9 Å². The Morgan fingerprint density at radius 2 is 0.917 bits per heavy atom. The molecule has 24 heavy (non-hydrogen) atoms. The Bertz CT molecular complexity index is 720. The summed E-state index contributed by atoms with van der Waals surface area (Å²) in [4.78, 5) is 4.34. The van der Waals surface area contributed by atoms with Gasteiger partial charge in [0.1, 0.15) is 23.0 Å². The van der Waals surface area contributed by atoms with Crippen LogP contribution in [0, 0.1) is 0 Å². The molecule has 0 aliphatic rings. The summed E-state index contributed by atoms with van der Waals surface area (Å²) in [6.45, 7) is 0. The minimum Gasteiger partial charge on any atom is -0.497 e. The largest absolute Gasteiger partial charge is 0.497 e. The summed E-state index contributed by atoms with van der Waals surface area (Å²) in [6.07, 6.45) is 0. The number of hydrogen-bond acceptors (Lipinski definition) is 5. The van der Waals surface area contributed by atoms with Gasteiger partial charge in [-0.1, -0.05) is 6.07 Å². The van der Waals surface area contributed by atoms with Crippen LogP contribution in [0.4, 0.5) is 0 Å². The first-order chi connectivity index (χ1) is 11.8. The number of pyridine rings is 1. The fraction of sp³-hybridized carbons (Fsp3) is 0.105. The summed E-state index contributed by atoms with van der Waals surface area (Å²) in [7, 11) is 3.24. The lowest BCUT2D eigenvalue weighted by Gasteiger charge is -2.09. The molecule has 3 aromatic rings. The van der Waals surface area contributed by atoms with Crippen molar-refractivity contribution < 1.29 is 18.9 Å². The SMILES string of the molecule is COc1ccc(Oc2cccc(Oc3ccc(OC)cc3)n2)cc1. The van der Waals surface area contributed by atoms with Crippen LogP contribution in [0.3, 0.4) is 0 Å². The van der Waals surface area contributed by atoms with Crippen molar-refractivity contribution in [2.45, 2.75) is 0 Å². The number of benzene rings is 2. The van der Waals surface area contributed by atoms with Crippen LogP contribution in [0.2, 0.25) is 0 Å². The lowest BCUT2D eigenvalue weighted by molar-refractivity contribution is 0.407. The van der Waals surface area contributed by atoms with Crippen LogP contribution in [0.1, 0.15) is 0 Å². The van der Waals surface area contributed by atoms with Crippen molar-refractivity contribution in [2.24, 2.45) is 0 Å². The van der Waals surface area contributed by atoms with Gasteiger partial charge in [0.25, 0.3) is 0 Å². The van der Waals surface area contributed by atoms with Crippen molar-refractivity contribution in [1.29, 1.82) is 0 Å². The van der Waals surface area contributed by atoms with Gasteiger partial charge in [0.05, 0.1) is 14.2 Å². The van der Waals surface area contributed by atoms with Gasteiger partial charge in [-0.25, -0.2) is 0 Å². The van der Waals surface area contributed by atoms with Crippen LogP contribution in [0.15, 0.2) is 66.7 Å². The highest BCUT2D eigenvalue weighted by atomic mass is 16.5. The van der Waals surface area contributed by atoms with E-state index in [0.29, 0.717) is 23.3 Å². The van der Waals surface area contributed by atoms with Gasteiger partial charge in [0.2, 0.25) is 11.8 Å². The molecular weight excluding hydrogens is 306 g/mol. The molecule has 0 N–H and O–H groups in total. The van der Waals surface area contributed by atoms with Gasteiger partial charge in [-0.2, -0.15) is 4.98 Å². The van der Waals surface area contributed by atoms with E-state index in [4.69, 9.17) is 18.9 Å². The lowest BCUT2D eigenvalue weighted by Crippen LogP contribution is -1.92. The van der Waals surface area contributed by atoms with Crippen molar-refractivity contribution >= 4 is 0 Å². The van der Waals surface area contributed by atoms with Crippen LogP contribution in [0.25, 0.3) is 0 Å². The topological polar surface area (TPSA) is 49.8 Å². The maximum absolute atomic E-state index is 5.73. The Balaban J connectivity index is 1.70. The molecule has 0 unspecified atom stereocenters. The third-order valence-electron chi connectivity index (χ3n) is 3.26. The maximum Gasteiger partial charge on any atom is 0.222 e. The Kier molecular flexibility index (Phi) is 4.81. The van der Waals surface area contributed by atoms with Gasteiger partial charge in [-0.15, -0.1) is 0 Å². The number of hydrogen-bond donors (Lipinski definition) is 0. The van der Waals surface area contributed by atoms with E-state index in [0.717, 1.165) is 11.5 Å². The summed E-state index contributed by atoms with van der Waals surface area (Å²) < 4.78 is 21.7. The molecule has 1 aromatic heterocycles. The van der Waals surface area contributed by atoms with Crippen LogP contribution in [-0.4, -0.2) is 19.2 Å². The average Bonchev–Trinajstić information content (AvgIpc) is 2.63. The van der Waals surface area contributed by atoms with E-state index in [1.165, 1.54) is 0 Å². The van der Waals surface area contributed by atoms with Crippen LogP contribution >= 0.6 is 0 Å². The van der Waals surface area contributed by atoms with E-state index in [1.807, 2.05) is 54.6 Å². The summed E-state index contributed by atoms with van der Waals surface area (Å²) in [6, 6.07) is 19.9. The molecule has 2 aromatic carbocycles. The second-order valence-electron chi connectivity index (χ2n) is 4.87. The molecule has 0 fully saturated rings. The van der Waals surface area contributed by atoms with Crippen LogP contribution in [-0.2, 0) is 0 Å². The molecule has 0 aliphatic carbocycles. The van der Waals surface area contributed by atoms with Crippen LogP contribution in [0.5, 0.6) is 34.8 Å². The molecular formula is C19H17NO4. The molecule has 0 aliphatic heterocycles. The van der Waals surface area contributed by atoms with Gasteiger partial charge >= 0.3 is 0 Å². The molecule has 5 heteroatoms. The first-order valence-corrected chi connectivity index (χ1v) is 7.38. The Labute approximate surface area is 140 Å². The Morgan fingerprint density at radius 1 is 0.542 bits per heavy atom. The lowest BCUT2D eigenvalue weighted by atomic mass is 10.3. The standard InChI is InChI=1S/C19H17NO4/c1-21-14-6-10-16(11-7-14)23-18-4-3-5-19(20-18)24-17-12-8-15(22-2)9-13-17/h3-13H,1-2H3. The Morgan fingerprint density at radius 3 is 1.29 bits per heavy atom. The fourth-order valence-corrected chi connectivity index (χ4v) is 2.04. The molecule has 1 heterocycles. The van der Waals surface area contributed by atoms with Gasteiger partial charge in [0, 0.05) is 12.1 Å². The predicted octanol–water partition coefficient (Wildman–Crippen LogP) is 4.68. The van der Waals surface area contributed by atoms with Crippen molar-refractivity contribution in [3.05, 3.63) is 66.7 Å². The van der Waals surface area contributed by atoms with E-state index in [2.05, 4.69) is 4.98 Å². The van der Waals surface area contributed by atoms with Crippen molar-refractivity contribution in [3.63, 3.8) is 0 Å². The highest BCUT2D eigenvalue weighted by Crippen LogP contribution is 2.26. The number of ether oxygens (including phenoxy) is 4. The molecule has 0 amide bonds. The minimum atomic E-state index is 0.450. The first-order valence-electron chi connectivity index (χ1n) is 7.38. The third-order valence-corrected chi connectivity index (χ3v) is 3.26. The summed E-state index contributed by atoms with van der Waals surface area (Å²) >= 11 is 0. The zero-order chi connectivity index (χ0) is 16.8. The summed E-state index contributed by atoms with van der Waals surface area (Å²) in [5.41, 5.74) is 0. The van der Waals surface area contributed by atoms with E-state index >= 15 is 0 Å². The molecule has 0 spiro atoms. The molecule has 3 rings (SSSR count). The molecule has 0 saturated heterocycles. The second-order valence-corrected chi connectivity index (χ2v) is 4.87. The molecule has 122 valence electrons. The number of aromatic nitrogens is 1. The average molecular weight is 323 g/mol. The van der Waals surface area contributed by atoms with E-state index in [9.17, 15) is 0 Å². The van der Waals surface area contributed by atoms with Crippen molar-refractivity contribution in [2.75, 3.05) is 14.2 Å². The van der Waals surface area contributed by atoms with Crippen molar-refractivity contribution in [3.8, 4) is 34.8 Å². The van der Waals surface area contributed by atoms with E-state index in [-0.39, 0.29) is 0 Å². The fourth-order valence-electron chi connectivity index (χ4n) is 2.04. The molecule has 0 saturated carbocycles. The maximum atomic E-state index is 5.73. The smallest absolute Gasteiger partial charge is 0.222 e. The van der Waals surface area contributed by atoms with Gasteiger partial charge in [-0.05, 0) is 48.5 Å². The quantitative estimate of drug-likeness (QED) is 0.659. The first kappa shape index (κ1) is 15.7. The highest BCUT2D eigenvalue weighted by molar-refractivity contribution is 5.36. The zero-order valence-corrected chi connectivity index (χ0v) is 13.4. The normalized spacial score (nSPS) is 10.1. The van der Waals surface area contributed by atoms with E-state index in [1.54, 1.807) is 26.4 Å². The molecule has 5 nitrogen and oxygen atoms in total. The molecule has 0 radical (unpaired) electrons. The summed E-state index contributed by atoms with van der Waals surface area (Å²) in [5, 5.41) is 0. The minimum absolute atomic E-state index is 0.450. The van der Waals surface area contributed by atoms with Gasteiger partial charge in [0.15, 0.2) is 0 Å². The number of nitrogens with zero attached hydrogens (tertiary/aromatic N) is 1. The van der Waals surface area contributed by atoms with Crippen LogP contribution < -0.4 is 18.9 Å². The molecule has 0 atom stereocenters.